The number of benzene rings is 1. The molecular formula is C8H13N3O2S. The Balaban J connectivity index is 2.43. The zero-order chi connectivity index (χ0) is 10.6. The van der Waals surface area contributed by atoms with Gasteiger partial charge < -0.3 is 5.73 Å². The van der Waals surface area contributed by atoms with Gasteiger partial charge in [0.15, 0.2) is 0 Å². The van der Waals surface area contributed by atoms with Crippen LogP contribution in [0.15, 0.2) is 24.3 Å². The van der Waals surface area contributed by atoms with E-state index in [1.165, 1.54) is 0 Å². The van der Waals surface area contributed by atoms with Crippen LogP contribution in [0, 0.1) is 0 Å². The van der Waals surface area contributed by atoms with E-state index in [2.05, 4.69) is 4.72 Å². The van der Waals surface area contributed by atoms with Crippen molar-refractivity contribution in [2.45, 2.75) is 6.42 Å². The van der Waals surface area contributed by atoms with Crippen molar-refractivity contribution in [2.75, 3.05) is 12.3 Å². The fraction of sp³-hybridized carbons (Fsp3) is 0.250. The second-order valence-electron chi connectivity index (χ2n) is 2.93. The van der Waals surface area contributed by atoms with E-state index in [-0.39, 0.29) is 0 Å². The second-order valence-corrected chi connectivity index (χ2v) is 4.31. The summed E-state index contributed by atoms with van der Waals surface area (Å²) in [4.78, 5) is 0. The lowest BCUT2D eigenvalue weighted by atomic mass is 10.1. The van der Waals surface area contributed by atoms with Gasteiger partial charge in [-0.05, 0) is 24.1 Å². The molecule has 0 spiro atoms. The normalized spacial score (nSPS) is 11.5. The molecule has 0 radical (unpaired) electrons. The highest BCUT2D eigenvalue weighted by atomic mass is 32.2. The lowest BCUT2D eigenvalue weighted by Crippen LogP contribution is -2.32. The van der Waals surface area contributed by atoms with Crippen LogP contribution >= 0.6 is 0 Å². The highest BCUT2D eigenvalue weighted by molar-refractivity contribution is 7.87. The van der Waals surface area contributed by atoms with Crippen molar-refractivity contribution in [3.63, 3.8) is 0 Å². The van der Waals surface area contributed by atoms with Gasteiger partial charge in [0, 0.05) is 12.2 Å². The Morgan fingerprint density at radius 1 is 1.21 bits per heavy atom. The number of hydrogen-bond donors (Lipinski definition) is 3. The molecule has 0 saturated heterocycles. The molecule has 0 aliphatic heterocycles. The second kappa shape index (κ2) is 4.41. The number of hydrogen-bond acceptors (Lipinski definition) is 3. The van der Waals surface area contributed by atoms with Gasteiger partial charge >= 0.3 is 0 Å². The molecule has 0 fully saturated rings. The topological polar surface area (TPSA) is 98.2 Å². The highest BCUT2D eigenvalue weighted by Gasteiger charge is 1.99. The van der Waals surface area contributed by atoms with Crippen LogP contribution in [0.1, 0.15) is 5.56 Å². The molecule has 0 atom stereocenters. The van der Waals surface area contributed by atoms with E-state index >= 15 is 0 Å². The molecule has 1 rings (SSSR count). The first-order valence-electron chi connectivity index (χ1n) is 4.09. The lowest BCUT2D eigenvalue weighted by Gasteiger charge is -2.02. The Hall–Kier alpha value is -1.11. The molecule has 78 valence electrons. The van der Waals surface area contributed by atoms with Gasteiger partial charge in [0.25, 0.3) is 10.2 Å². The molecule has 1 aromatic rings. The quantitative estimate of drug-likeness (QED) is 0.596. The van der Waals surface area contributed by atoms with Crippen LogP contribution in [0.25, 0.3) is 0 Å². The summed E-state index contributed by atoms with van der Waals surface area (Å²) in [6.45, 7) is 0.294. The van der Waals surface area contributed by atoms with Crippen molar-refractivity contribution in [3.8, 4) is 0 Å². The van der Waals surface area contributed by atoms with Crippen LogP contribution in [0.5, 0.6) is 0 Å². The molecule has 0 amide bonds. The average molecular weight is 215 g/mol. The van der Waals surface area contributed by atoms with Crippen LogP contribution in [0.3, 0.4) is 0 Å². The third-order valence-corrected chi connectivity index (χ3v) is 2.30. The molecule has 0 aliphatic carbocycles. The Bertz CT molecular complexity index is 386. The van der Waals surface area contributed by atoms with E-state index in [0.717, 1.165) is 5.56 Å². The Morgan fingerprint density at radius 3 is 2.29 bits per heavy atom. The minimum absolute atomic E-state index is 0.294. The minimum atomic E-state index is -3.58. The summed E-state index contributed by atoms with van der Waals surface area (Å²) in [5.41, 5.74) is 7.19. The minimum Gasteiger partial charge on any atom is -0.399 e. The van der Waals surface area contributed by atoms with E-state index in [0.29, 0.717) is 18.7 Å². The monoisotopic (exact) mass is 215 g/mol. The summed E-state index contributed by atoms with van der Waals surface area (Å²) in [7, 11) is -3.58. The smallest absolute Gasteiger partial charge is 0.274 e. The predicted octanol–water partition coefficient (Wildman–Crippen LogP) is -0.396. The van der Waals surface area contributed by atoms with Gasteiger partial charge in [0.05, 0.1) is 0 Å². The molecule has 1 aromatic carbocycles. The third-order valence-electron chi connectivity index (χ3n) is 1.70. The van der Waals surface area contributed by atoms with E-state index in [9.17, 15) is 8.42 Å². The summed E-state index contributed by atoms with van der Waals surface area (Å²) in [5, 5.41) is 4.76. The Morgan fingerprint density at radius 2 is 1.79 bits per heavy atom. The van der Waals surface area contributed by atoms with Crippen molar-refractivity contribution in [2.24, 2.45) is 5.14 Å². The molecule has 0 bridgehead atoms. The highest BCUT2D eigenvalue weighted by Crippen LogP contribution is 2.05. The van der Waals surface area contributed by atoms with Gasteiger partial charge in [-0.2, -0.15) is 8.42 Å². The van der Waals surface area contributed by atoms with Gasteiger partial charge in [-0.3, -0.25) is 0 Å². The Kier molecular flexibility index (Phi) is 3.45. The third kappa shape index (κ3) is 4.22. The summed E-state index contributed by atoms with van der Waals surface area (Å²) >= 11 is 0. The van der Waals surface area contributed by atoms with Crippen molar-refractivity contribution in [1.29, 1.82) is 0 Å². The fourth-order valence-corrected chi connectivity index (χ4v) is 1.41. The molecule has 0 aliphatic rings. The maximum absolute atomic E-state index is 10.5. The summed E-state index contributed by atoms with van der Waals surface area (Å²) in [6, 6.07) is 7.23. The maximum atomic E-state index is 10.5. The predicted molar refractivity (Wildman–Crippen MR) is 55.7 cm³/mol. The average Bonchev–Trinajstić information content (AvgIpc) is 2.06. The largest absolute Gasteiger partial charge is 0.399 e. The lowest BCUT2D eigenvalue weighted by molar-refractivity contribution is 0.583. The summed E-state index contributed by atoms with van der Waals surface area (Å²) in [6.07, 6.45) is 0.594. The van der Waals surface area contributed by atoms with Crippen LogP contribution in [0.2, 0.25) is 0 Å². The maximum Gasteiger partial charge on any atom is 0.274 e. The zero-order valence-corrected chi connectivity index (χ0v) is 8.42. The first-order valence-corrected chi connectivity index (χ1v) is 5.64. The number of nitrogen functional groups attached to an aromatic ring is 1. The summed E-state index contributed by atoms with van der Waals surface area (Å²) in [5.74, 6) is 0. The molecule has 5 nitrogen and oxygen atoms in total. The van der Waals surface area contributed by atoms with E-state index in [1.807, 2.05) is 12.1 Å². The molecule has 0 heterocycles. The van der Waals surface area contributed by atoms with Gasteiger partial charge in [0.1, 0.15) is 0 Å². The van der Waals surface area contributed by atoms with E-state index < -0.39 is 10.2 Å². The molecule has 0 saturated carbocycles. The van der Waals surface area contributed by atoms with Crippen molar-refractivity contribution in [3.05, 3.63) is 29.8 Å². The van der Waals surface area contributed by atoms with Crippen molar-refractivity contribution in [1.82, 2.24) is 4.72 Å². The van der Waals surface area contributed by atoms with Crippen LogP contribution in [-0.2, 0) is 16.6 Å². The van der Waals surface area contributed by atoms with E-state index in [1.54, 1.807) is 12.1 Å². The molecule has 5 N–H and O–H groups in total. The van der Waals surface area contributed by atoms with Gasteiger partial charge in [-0.1, -0.05) is 12.1 Å². The fourth-order valence-electron chi connectivity index (χ4n) is 1.02. The van der Waals surface area contributed by atoms with Gasteiger partial charge in [0.2, 0.25) is 0 Å². The number of nitrogens with two attached hydrogens (primary N) is 2. The SMILES string of the molecule is Nc1ccc(CCNS(N)(=O)=O)cc1. The molecule has 0 unspecified atom stereocenters. The molecule has 0 aromatic heterocycles. The number of rotatable bonds is 4. The number of anilines is 1. The molecular weight excluding hydrogens is 202 g/mol. The first-order chi connectivity index (χ1) is 6.47. The standard InChI is InChI=1S/C8H13N3O2S/c9-8-3-1-7(2-4-8)5-6-11-14(10,12)13/h1-4,11H,5-6,9H2,(H2,10,12,13). The van der Waals surface area contributed by atoms with Gasteiger partial charge in [-0.15, -0.1) is 0 Å². The summed E-state index contributed by atoms with van der Waals surface area (Å²) < 4.78 is 23.2. The van der Waals surface area contributed by atoms with Crippen molar-refractivity contribution < 1.29 is 8.42 Å². The van der Waals surface area contributed by atoms with Gasteiger partial charge in [-0.25, -0.2) is 9.86 Å². The molecule has 6 heteroatoms. The van der Waals surface area contributed by atoms with Crippen LogP contribution in [0.4, 0.5) is 5.69 Å². The number of nitrogens with one attached hydrogen (secondary N) is 1. The van der Waals surface area contributed by atoms with Crippen LogP contribution in [-0.4, -0.2) is 15.0 Å². The van der Waals surface area contributed by atoms with Crippen molar-refractivity contribution >= 4 is 15.9 Å². The first kappa shape index (κ1) is 11.0. The van der Waals surface area contributed by atoms with Crippen LogP contribution < -0.4 is 15.6 Å². The Labute approximate surface area is 83.3 Å². The van der Waals surface area contributed by atoms with E-state index in [4.69, 9.17) is 10.9 Å². The zero-order valence-electron chi connectivity index (χ0n) is 7.60. The molecule has 14 heavy (non-hydrogen) atoms.